The molecule has 0 aliphatic rings. The third kappa shape index (κ3) is 3.06. The van der Waals surface area contributed by atoms with Crippen LogP contribution in [-0.2, 0) is 7.05 Å². The van der Waals surface area contributed by atoms with Crippen molar-refractivity contribution in [3.05, 3.63) is 57.9 Å². The highest BCUT2D eigenvalue weighted by Gasteiger charge is 2.22. The number of amides is 1. The zero-order valence-electron chi connectivity index (χ0n) is 12.8. The molecule has 0 spiro atoms. The SMILES string of the molecule is CN(C(=O)c1ccc(=O)n(C)n1)c1sc(-c2cccnc2)nc1Cl. The second kappa shape index (κ2) is 6.50. The molecule has 122 valence electrons. The summed E-state index contributed by atoms with van der Waals surface area (Å²) in [5.74, 6) is -0.381. The third-order valence-corrected chi connectivity index (χ3v) is 4.82. The van der Waals surface area contributed by atoms with E-state index in [0.717, 1.165) is 10.2 Å². The molecule has 3 heterocycles. The van der Waals surface area contributed by atoms with Crippen LogP contribution in [0, 0.1) is 0 Å². The van der Waals surface area contributed by atoms with Crippen molar-refractivity contribution in [1.29, 1.82) is 0 Å². The smallest absolute Gasteiger partial charge is 0.279 e. The number of carbonyl (C=O) groups excluding carboxylic acids is 1. The molecule has 0 saturated carbocycles. The van der Waals surface area contributed by atoms with Crippen LogP contribution >= 0.6 is 22.9 Å². The largest absolute Gasteiger partial charge is 0.299 e. The van der Waals surface area contributed by atoms with Crippen LogP contribution in [0.15, 0.2) is 41.5 Å². The van der Waals surface area contributed by atoms with Gasteiger partial charge in [0.15, 0.2) is 5.15 Å². The van der Waals surface area contributed by atoms with Gasteiger partial charge in [0, 0.05) is 38.1 Å². The van der Waals surface area contributed by atoms with E-state index in [4.69, 9.17) is 11.6 Å². The lowest BCUT2D eigenvalue weighted by Crippen LogP contribution is -2.29. The molecule has 0 saturated heterocycles. The monoisotopic (exact) mass is 361 g/mol. The number of anilines is 1. The Balaban J connectivity index is 1.93. The second-order valence-corrected chi connectivity index (χ2v) is 6.24. The first kappa shape index (κ1) is 16.3. The van der Waals surface area contributed by atoms with Gasteiger partial charge in [0.2, 0.25) is 0 Å². The van der Waals surface area contributed by atoms with E-state index in [1.165, 1.54) is 35.4 Å². The Hall–Kier alpha value is -2.58. The van der Waals surface area contributed by atoms with Gasteiger partial charge in [-0.2, -0.15) is 5.10 Å². The first-order valence-electron chi connectivity index (χ1n) is 6.86. The Bertz CT molecular complexity index is 954. The van der Waals surface area contributed by atoms with Crippen molar-refractivity contribution in [2.45, 2.75) is 0 Å². The van der Waals surface area contributed by atoms with Crippen LogP contribution in [0.25, 0.3) is 10.6 Å². The molecule has 0 bridgehead atoms. The van der Waals surface area contributed by atoms with Crippen molar-refractivity contribution >= 4 is 33.8 Å². The van der Waals surface area contributed by atoms with E-state index in [2.05, 4.69) is 15.1 Å². The minimum atomic E-state index is -0.381. The van der Waals surface area contributed by atoms with Gasteiger partial charge in [-0.3, -0.25) is 19.5 Å². The van der Waals surface area contributed by atoms with Crippen LogP contribution in [0.2, 0.25) is 5.15 Å². The molecule has 3 aromatic rings. The molecule has 3 aromatic heterocycles. The molecule has 0 radical (unpaired) electrons. The number of aromatic nitrogens is 4. The average Bonchev–Trinajstić information content (AvgIpc) is 2.98. The second-order valence-electron chi connectivity index (χ2n) is 4.90. The number of hydrogen-bond donors (Lipinski definition) is 0. The van der Waals surface area contributed by atoms with Crippen molar-refractivity contribution in [2.24, 2.45) is 7.05 Å². The standard InChI is InChI=1S/C15H12ClN5O2S/c1-20(14(23)10-5-6-11(22)21(2)19-10)15-12(16)18-13(24-15)9-4-3-7-17-8-9/h3-8H,1-2H3. The lowest BCUT2D eigenvalue weighted by Gasteiger charge is -2.14. The predicted molar refractivity (Wildman–Crippen MR) is 92.6 cm³/mol. The fraction of sp³-hybridized carbons (Fsp3) is 0.133. The zero-order valence-corrected chi connectivity index (χ0v) is 14.4. The summed E-state index contributed by atoms with van der Waals surface area (Å²) in [6.45, 7) is 0. The molecule has 7 nitrogen and oxygen atoms in total. The van der Waals surface area contributed by atoms with E-state index in [-0.39, 0.29) is 22.3 Å². The molecule has 0 aliphatic carbocycles. The third-order valence-electron chi connectivity index (χ3n) is 3.27. The summed E-state index contributed by atoms with van der Waals surface area (Å²) in [5, 5.41) is 5.34. The molecule has 0 N–H and O–H groups in total. The van der Waals surface area contributed by atoms with E-state index in [1.807, 2.05) is 6.07 Å². The van der Waals surface area contributed by atoms with Crippen LogP contribution in [-0.4, -0.2) is 32.7 Å². The Morgan fingerprint density at radius 2 is 2.12 bits per heavy atom. The van der Waals surface area contributed by atoms with Gasteiger partial charge in [-0.05, 0) is 18.2 Å². The molecular weight excluding hydrogens is 350 g/mol. The number of carbonyl (C=O) groups is 1. The normalized spacial score (nSPS) is 10.6. The molecule has 24 heavy (non-hydrogen) atoms. The highest BCUT2D eigenvalue weighted by atomic mass is 35.5. The van der Waals surface area contributed by atoms with E-state index in [1.54, 1.807) is 25.5 Å². The summed E-state index contributed by atoms with van der Waals surface area (Å²) >= 11 is 7.46. The average molecular weight is 362 g/mol. The van der Waals surface area contributed by atoms with Gasteiger partial charge < -0.3 is 0 Å². The summed E-state index contributed by atoms with van der Waals surface area (Å²) in [7, 11) is 3.07. The molecule has 0 unspecified atom stereocenters. The van der Waals surface area contributed by atoms with Gasteiger partial charge in [-0.25, -0.2) is 9.67 Å². The first-order chi connectivity index (χ1) is 11.5. The minimum absolute atomic E-state index is 0.145. The summed E-state index contributed by atoms with van der Waals surface area (Å²) in [4.78, 5) is 33.6. The number of aryl methyl sites for hydroxylation is 1. The van der Waals surface area contributed by atoms with Gasteiger partial charge in [-0.1, -0.05) is 22.9 Å². The predicted octanol–water partition coefficient (Wildman–Crippen LogP) is 2.23. The molecule has 3 rings (SSSR count). The number of hydrogen-bond acceptors (Lipinski definition) is 6. The first-order valence-corrected chi connectivity index (χ1v) is 8.06. The van der Waals surface area contributed by atoms with Crippen molar-refractivity contribution in [1.82, 2.24) is 19.7 Å². The topological polar surface area (TPSA) is 81.0 Å². The quantitative estimate of drug-likeness (QED) is 0.714. The molecule has 0 aromatic carbocycles. The van der Waals surface area contributed by atoms with Gasteiger partial charge in [-0.15, -0.1) is 0 Å². The van der Waals surface area contributed by atoms with Crippen molar-refractivity contribution in [3.8, 4) is 10.6 Å². The van der Waals surface area contributed by atoms with Crippen LogP contribution in [0.4, 0.5) is 5.00 Å². The van der Waals surface area contributed by atoms with Crippen LogP contribution in [0.3, 0.4) is 0 Å². The molecule has 0 fully saturated rings. The minimum Gasteiger partial charge on any atom is -0.299 e. The Morgan fingerprint density at radius 1 is 1.33 bits per heavy atom. The summed E-state index contributed by atoms with van der Waals surface area (Å²) in [6, 6.07) is 6.34. The van der Waals surface area contributed by atoms with Gasteiger partial charge in [0.25, 0.3) is 11.5 Å². The lowest BCUT2D eigenvalue weighted by atomic mass is 10.3. The number of nitrogens with zero attached hydrogens (tertiary/aromatic N) is 5. The highest BCUT2D eigenvalue weighted by molar-refractivity contribution is 7.19. The van der Waals surface area contributed by atoms with Crippen molar-refractivity contribution in [3.63, 3.8) is 0 Å². The number of pyridine rings is 1. The Morgan fingerprint density at radius 3 is 2.79 bits per heavy atom. The van der Waals surface area contributed by atoms with Gasteiger partial charge in [0.1, 0.15) is 15.7 Å². The van der Waals surface area contributed by atoms with Crippen LogP contribution < -0.4 is 10.5 Å². The van der Waals surface area contributed by atoms with E-state index in [9.17, 15) is 9.59 Å². The van der Waals surface area contributed by atoms with Crippen molar-refractivity contribution < 1.29 is 4.79 Å². The van der Waals surface area contributed by atoms with Crippen LogP contribution in [0.5, 0.6) is 0 Å². The van der Waals surface area contributed by atoms with Crippen LogP contribution in [0.1, 0.15) is 10.5 Å². The fourth-order valence-electron chi connectivity index (χ4n) is 1.99. The van der Waals surface area contributed by atoms with Gasteiger partial charge in [0.05, 0.1) is 0 Å². The van der Waals surface area contributed by atoms with Gasteiger partial charge >= 0.3 is 0 Å². The molecule has 1 amide bonds. The summed E-state index contributed by atoms with van der Waals surface area (Å²) < 4.78 is 1.11. The maximum Gasteiger partial charge on any atom is 0.279 e. The molecular formula is C15H12ClN5O2S. The Labute approximate surface area is 146 Å². The number of rotatable bonds is 3. The van der Waals surface area contributed by atoms with Crippen molar-refractivity contribution in [2.75, 3.05) is 11.9 Å². The molecule has 0 atom stereocenters. The maximum absolute atomic E-state index is 12.6. The van der Waals surface area contributed by atoms with E-state index < -0.39 is 0 Å². The zero-order chi connectivity index (χ0) is 17.3. The number of halogens is 1. The number of thiazole rings is 1. The fourth-order valence-corrected chi connectivity index (χ4v) is 3.28. The maximum atomic E-state index is 12.6. The lowest BCUT2D eigenvalue weighted by molar-refractivity contribution is 0.0986. The van der Waals surface area contributed by atoms with E-state index >= 15 is 0 Å². The molecule has 0 aliphatic heterocycles. The molecule has 9 heteroatoms. The Kier molecular flexibility index (Phi) is 4.41. The summed E-state index contributed by atoms with van der Waals surface area (Å²) in [6.07, 6.45) is 3.34. The highest BCUT2D eigenvalue weighted by Crippen LogP contribution is 2.37. The van der Waals surface area contributed by atoms with E-state index in [0.29, 0.717) is 10.0 Å². The summed E-state index contributed by atoms with van der Waals surface area (Å²) in [5.41, 5.74) is 0.674.